The fourth-order valence-electron chi connectivity index (χ4n) is 4.13. The number of piperidine rings is 1. The summed E-state index contributed by atoms with van der Waals surface area (Å²) >= 11 is 0. The van der Waals surface area contributed by atoms with Gasteiger partial charge in [-0.25, -0.2) is 0 Å². The van der Waals surface area contributed by atoms with E-state index in [1.54, 1.807) is 6.92 Å². The molecular weight excluding hydrogens is 322 g/mol. The van der Waals surface area contributed by atoms with Gasteiger partial charge in [0, 0.05) is 24.1 Å². The largest absolute Gasteiger partial charge is 0.396 e. The summed E-state index contributed by atoms with van der Waals surface area (Å²) < 4.78 is 0. The van der Waals surface area contributed by atoms with E-state index < -0.39 is 0 Å². The van der Waals surface area contributed by atoms with Crippen molar-refractivity contribution in [3.63, 3.8) is 0 Å². The van der Waals surface area contributed by atoms with Crippen LogP contribution < -0.4 is 0 Å². The molecule has 1 saturated heterocycles. The van der Waals surface area contributed by atoms with Gasteiger partial charge in [-0.1, -0.05) is 42.5 Å². The third-order valence-corrected chi connectivity index (χ3v) is 5.64. The summed E-state index contributed by atoms with van der Waals surface area (Å²) in [5.74, 6) is 0.106. The van der Waals surface area contributed by atoms with Crippen LogP contribution in [0.2, 0.25) is 0 Å². The molecule has 1 fully saturated rings. The minimum Gasteiger partial charge on any atom is -0.396 e. The van der Waals surface area contributed by atoms with Crippen LogP contribution in [0.3, 0.4) is 0 Å². The van der Waals surface area contributed by atoms with E-state index in [0.717, 1.165) is 44.5 Å². The van der Waals surface area contributed by atoms with Crippen molar-refractivity contribution in [2.24, 2.45) is 5.41 Å². The van der Waals surface area contributed by atoms with Gasteiger partial charge in [0.25, 0.3) is 0 Å². The molecule has 138 valence electrons. The van der Waals surface area contributed by atoms with Crippen molar-refractivity contribution in [3.05, 3.63) is 70.8 Å². The third kappa shape index (κ3) is 4.40. The van der Waals surface area contributed by atoms with Crippen LogP contribution in [-0.2, 0) is 13.0 Å². The fraction of sp³-hybridized carbons (Fsp3) is 0.435. The molecule has 1 N–H and O–H groups in total. The highest BCUT2D eigenvalue weighted by Gasteiger charge is 2.35. The minimum absolute atomic E-state index is 0.0808. The lowest BCUT2D eigenvalue weighted by Gasteiger charge is -2.42. The maximum atomic E-state index is 11.6. The number of nitrogens with zero attached hydrogens (tertiary/aromatic N) is 1. The lowest BCUT2D eigenvalue weighted by molar-refractivity contribution is 0.0287. The zero-order chi connectivity index (χ0) is 18.6. The molecule has 0 aliphatic carbocycles. The second-order valence-corrected chi connectivity index (χ2v) is 7.83. The number of rotatable bonds is 6. The molecule has 3 heteroatoms. The van der Waals surface area contributed by atoms with Gasteiger partial charge >= 0.3 is 0 Å². The Morgan fingerprint density at radius 1 is 1.19 bits per heavy atom. The maximum Gasteiger partial charge on any atom is 0.159 e. The number of aliphatic hydroxyl groups is 1. The molecule has 0 saturated carbocycles. The van der Waals surface area contributed by atoms with Crippen molar-refractivity contribution >= 4 is 5.78 Å². The van der Waals surface area contributed by atoms with Crippen molar-refractivity contribution < 1.29 is 9.90 Å². The molecule has 3 rings (SSSR count). The van der Waals surface area contributed by atoms with Crippen molar-refractivity contribution in [2.75, 3.05) is 19.7 Å². The first-order valence-electron chi connectivity index (χ1n) is 9.49. The quantitative estimate of drug-likeness (QED) is 0.799. The molecule has 1 aliphatic heterocycles. The SMILES string of the molecule is CC(=O)c1cccc(CN2CCC[C@@](CO)(Cc3ccccc3C)C2)c1. The number of hydrogen-bond donors (Lipinski definition) is 1. The molecule has 0 aromatic heterocycles. The molecule has 26 heavy (non-hydrogen) atoms. The van der Waals surface area contributed by atoms with E-state index in [-0.39, 0.29) is 17.8 Å². The Labute approximate surface area is 156 Å². The van der Waals surface area contributed by atoms with Gasteiger partial charge in [0.1, 0.15) is 0 Å². The average molecular weight is 351 g/mol. The molecular formula is C23H29NO2. The summed E-state index contributed by atoms with van der Waals surface area (Å²) in [5.41, 5.74) is 4.49. The van der Waals surface area contributed by atoms with Gasteiger partial charge in [0.2, 0.25) is 0 Å². The van der Waals surface area contributed by atoms with Crippen LogP contribution >= 0.6 is 0 Å². The number of benzene rings is 2. The summed E-state index contributed by atoms with van der Waals surface area (Å²) in [6.45, 7) is 6.73. The summed E-state index contributed by atoms with van der Waals surface area (Å²) in [7, 11) is 0. The molecule has 1 heterocycles. The highest BCUT2D eigenvalue weighted by molar-refractivity contribution is 5.94. The first kappa shape index (κ1) is 18.8. The normalized spacial score (nSPS) is 20.9. The predicted octanol–water partition coefficient (Wildman–Crippen LogP) is 4.01. The number of carbonyl (C=O) groups is 1. The van der Waals surface area contributed by atoms with E-state index in [9.17, 15) is 9.90 Å². The van der Waals surface area contributed by atoms with Crippen molar-refractivity contribution in [2.45, 2.75) is 39.7 Å². The fourth-order valence-corrected chi connectivity index (χ4v) is 4.13. The lowest BCUT2D eigenvalue weighted by atomic mass is 9.75. The van der Waals surface area contributed by atoms with Gasteiger partial charge < -0.3 is 5.11 Å². The molecule has 2 aromatic carbocycles. The predicted molar refractivity (Wildman–Crippen MR) is 105 cm³/mol. The number of carbonyl (C=O) groups excluding carboxylic acids is 1. The number of likely N-dealkylation sites (tertiary alicyclic amines) is 1. The standard InChI is InChI=1S/C23H29NO2/c1-18-7-3-4-9-22(18)14-23(17-25)11-6-12-24(16-23)15-20-8-5-10-21(13-20)19(2)26/h3-5,7-10,13,25H,6,11-12,14-17H2,1-2H3/t23-/m1/s1. The van der Waals surface area contributed by atoms with Crippen molar-refractivity contribution in [1.29, 1.82) is 0 Å². The van der Waals surface area contributed by atoms with Crippen molar-refractivity contribution in [1.82, 2.24) is 4.90 Å². The van der Waals surface area contributed by atoms with Crippen LogP contribution in [0.4, 0.5) is 0 Å². The molecule has 0 spiro atoms. The Morgan fingerprint density at radius 2 is 2.00 bits per heavy atom. The molecule has 3 nitrogen and oxygen atoms in total. The van der Waals surface area contributed by atoms with Crippen LogP contribution in [-0.4, -0.2) is 35.5 Å². The second kappa shape index (κ2) is 8.15. The number of hydrogen-bond acceptors (Lipinski definition) is 3. The highest BCUT2D eigenvalue weighted by Crippen LogP contribution is 2.34. The van der Waals surface area contributed by atoms with Gasteiger partial charge in [-0.15, -0.1) is 0 Å². The lowest BCUT2D eigenvalue weighted by Crippen LogP contribution is -2.46. The molecule has 0 bridgehead atoms. The van der Waals surface area contributed by atoms with E-state index in [0.29, 0.717) is 0 Å². The first-order valence-corrected chi connectivity index (χ1v) is 9.49. The second-order valence-electron chi connectivity index (χ2n) is 7.83. The highest BCUT2D eigenvalue weighted by atomic mass is 16.3. The van der Waals surface area contributed by atoms with Crippen LogP contribution in [0.15, 0.2) is 48.5 Å². The zero-order valence-corrected chi connectivity index (χ0v) is 15.9. The number of aliphatic hydroxyl groups excluding tert-OH is 1. The van der Waals surface area contributed by atoms with Crippen molar-refractivity contribution in [3.8, 4) is 0 Å². The Hall–Kier alpha value is -1.97. The molecule has 0 unspecified atom stereocenters. The summed E-state index contributed by atoms with van der Waals surface area (Å²) in [6.07, 6.45) is 3.07. The molecule has 1 atom stereocenters. The Kier molecular flexibility index (Phi) is 5.90. The smallest absolute Gasteiger partial charge is 0.159 e. The van der Waals surface area contributed by atoms with Gasteiger partial charge in [-0.3, -0.25) is 9.69 Å². The van der Waals surface area contributed by atoms with E-state index in [1.807, 2.05) is 18.2 Å². The van der Waals surface area contributed by atoms with Gasteiger partial charge in [0.15, 0.2) is 5.78 Å². The monoisotopic (exact) mass is 351 g/mol. The van der Waals surface area contributed by atoms with Gasteiger partial charge in [-0.05, 0) is 62.4 Å². The van der Waals surface area contributed by atoms with E-state index in [1.165, 1.54) is 16.7 Å². The Morgan fingerprint density at radius 3 is 2.73 bits per heavy atom. The topological polar surface area (TPSA) is 40.5 Å². The van der Waals surface area contributed by atoms with Crippen LogP contribution in [0.1, 0.15) is 46.8 Å². The third-order valence-electron chi connectivity index (χ3n) is 5.64. The summed E-state index contributed by atoms with van der Waals surface area (Å²) in [6, 6.07) is 16.4. The van der Waals surface area contributed by atoms with E-state index in [4.69, 9.17) is 0 Å². The zero-order valence-electron chi connectivity index (χ0n) is 15.9. The number of aryl methyl sites for hydroxylation is 1. The number of ketones is 1. The van der Waals surface area contributed by atoms with Gasteiger partial charge in [0.05, 0.1) is 6.61 Å². The van der Waals surface area contributed by atoms with E-state index >= 15 is 0 Å². The van der Waals surface area contributed by atoms with Crippen LogP contribution in [0, 0.1) is 12.3 Å². The van der Waals surface area contributed by atoms with E-state index in [2.05, 4.69) is 42.2 Å². The first-order chi connectivity index (χ1) is 12.5. The summed E-state index contributed by atoms with van der Waals surface area (Å²) in [4.78, 5) is 14.1. The molecule has 2 aromatic rings. The Balaban J connectivity index is 1.74. The number of Topliss-reactive ketones (excluding diaryl/α,β-unsaturated/α-hetero) is 1. The molecule has 1 aliphatic rings. The van der Waals surface area contributed by atoms with Crippen LogP contribution in [0.5, 0.6) is 0 Å². The van der Waals surface area contributed by atoms with Crippen LogP contribution in [0.25, 0.3) is 0 Å². The minimum atomic E-state index is -0.0808. The molecule has 0 radical (unpaired) electrons. The average Bonchev–Trinajstić information content (AvgIpc) is 2.64. The molecule has 0 amide bonds. The summed E-state index contributed by atoms with van der Waals surface area (Å²) in [5, 5.41) is 10.2. The Bertz CT molecular complexity index is 770. The van der Waals surface area contributed by atoms with Gasteiger partial charge in [-0.2, -0.15) is 0 Å². The maximum absolute atomic E-state index is 11.6.